The van der Waals surface area contributed by atoms with Crippen molar-refractivity contribution in [3.05, 3.63) is 52.5 Å². The fourth-order valence-corrected chi connectivity index (χ4v) is 1.89. The number of carbonyl (C=O) groups is 2. The first-order valence-electron chi connectivity index (χ1n) is 6.45. The molecular formula is C15H13BrN2O5. The minimum Gasteiger partial charge on any atom is -0.508 e. The summed E-state index contributed by atoms with van der Waals surface area (Å²) in [6.07, 6.45) is 0. The van der Waals surface area contributed by atoms with Crippen molar-refractivity contribution in [1.29, 1.82) is 0 Å². The Morgan fingerprint density at radius 3 is 2.39 bits per heavy atom. The molecule has 0 bridgehead atoms. The van der Waals surface area contributed by atoms with E-state index < -0.39 is 17.6 Å². The van der Waals surface area contributed by atoms with Crippen molar-refractivity contribution in [2.45, 2.75) is 0 Å². The molecule has 4 N–H and O–H groups in total. The molecule has 0 saturated carbocycles. The molecule has 0 fully saturated rings. The van der Waals surface area contributed by atoms with Crippen LogP contribution in [-0.4, -0.2) is 28.6 Å². The molecule has 0 aliphatic carbocycles. The van der Waals surface area contributed by atoms with Crippen molar-refractivity contribution in [1.82, 2.24) is 10.9 Å². The average molecular weight is 381 g/mol. The molecule has 0 heterocycles. The molecule has 0 spiro atoms. The van der Waals surface area contributed by atoms with Gasteiger partial charge in [0.2, 0.25) is 0 Å². The van der Waals surface area contributed by atoms with Gasteiger partial charge in [-0.05, 0) is 36.4 Å². The molecule has 0 radical (unpaired) electrons. The molecule has 2 aromatic carbocycles. The summed E-state index contributed by atoms with van der Waals surface area (Å²) < 4.78 is 6.12. The lowest BCUT2D eigenvalue weighted by Crippen LogP contribution is -2.43. The molecule has 0 saturated heterocycles. The lowest BCUT2D eigenvalue weighted by Gasteiger charge is -2.09. The zero-order valence-corrected chi connectivity index (χ0v) is 13.3. The number of phenolic OH excluding ortho intramolecular Hbond substituents is 2. The fraction of sp³-hybridized carbons (Fsp3) is 0.0667. The van der Waals surface area contributed by atoms with E-state index in [1.54, 1.807) is 24.3 Å². The quantitative estimate of drug-likeness (QED) is 0.603. The Bertz CT molecular complexity index is 718. The number of hydrazine groups is 1. The third-order valence-corrected chi connectivity index (χ3v) is 3.25. The highest BCUT2D eigenvalue weighted by Gasteiger charge is 2.12. The van der Waals surface area contributed by atoms with Gasteiger partial charge in [-0.2, -0.15) is 0 Å². The number of phenols is 2. The molecule has 0 aromatic heterocycles. The smallest absolute Gasteiger partial charge is 0.276 e. The maximum absolute atomic E-state index is 11.8. The monoisotopic (exact) mass is 380 g/mol. The Kier molecular flexibility index (Phi) is 5.42. The standard InChI is InChI=1S/C15H13BrN2O5/c16-9-1-4-11(5-2-9)23-8-14(21)17-18-15(22)12-6-3-10(19)7-13(12)20/h1-7,19-20H,8H2,(H,17,21)(H,18,22). The molecule has 120 valence electrons. The largest absolute Gasteiger partial charge is 0.508 e. The van der Waals surface area contributed by atoms with Gasteiger partial charge >= 0.3 is 0 Å². The van der Waals surface area contributed by atoms with Gasteiger partial charge in [0.1, 0.15) is 17.2 Å². The highest BCUT2D eigenvalue weighted by Crippen LogP contribution is 2.22. The van der Waals surface area contributed by atoms with Crippen LogP contribution < -0.4 is 15.6 Å². The van der Waals surface area contributed by atoms with Crippen molar-refractivity contribution in [2.24, 2.45) is 0 Å². The molecule has 2 amide bonds. The first-order chi connectivity index (χ1) is 11.0. The van der Waals surface area contributed by atoms with E-state index >= 15 is 0 Å². The summed E-state index contributed by atoms with van der Waals surface area (Å²) in [7, 11) is 0. The van der Waals surface area contributed by atoms with Gasteiger partial charge in [-0.1, -0.05) is 15.9 Å². The average Bonchev–Trinajstić information content (AvgIpc) is 2.52. The van der Waals surface area contributed by atoms with Gasteiger partial charge in [0.15, 0.2) is 6.61 Å². The Balaban J connectivity index is 1.81. The summed E-state index contributed by atoms with van der Waals surface area (Å²) in [6, 6.07) is 10.4. The number of halogens is 1. The molecule has 23 heavy (non-hydrogen) atoms. The summed E-state index contributed by atoms with van der Waals surface area (Å²) in [5.41, 5.74) is 4.21. The molecular weight excluding hydrogens is 368 g/mol. The first kappa shape index (κ1) is 16.6. The van der Waals surface area contributed by atoms with Gasteiger partial charge in [0.25, 0.3) is 11.8 Å². The topological polar surface area (TPSA) is 108 Å². The van der Waals surface area contributed by atoms with E-state index in [0.717, 1.165) is 10.5 Å². The van der Waals surface area contributed by atoms with Gasteiger partial charge in [-0.3, -0.25) is 20.4 Å². The maximum atomic E-state index is 11.8. The van der Waals surface area contributed by atoms with Crippen LogP contribution >= 0.6 is 15.9 Å². The van der Waals surface area contributed by atoms with Crippen LogP contribution in [0.2, 0.25) is 0 Å². The van der Waals surface area contributed by atoms with Gasteiger partial charge in [0, 0.05) is 10.5 Å². The van der Waals surface area contributed by atoms with Gasteiger partial charge in [-0.15, -0.1) is 0 Å². The summed E-state index contributed by atoms with van der Waals surface area (Å²) >= 11 is 3.28. The maximum Gasteiger partial charge on any atom is 0.276 e. The second kappa shape index (κ2) is 7.50. The van der Waals surface area contributed by atoms with Crippen LogP contribution in [0.1, 0.15) is 10.4 Å². The SMILES string of the molecule is O=C(COc1ccc(Br)cc1)NNC(=O)c1ccc(O)cc1O. The Hall–Kier alpha value is -2.74. The number of hydrogen-bond acceptors (Lipinski definition) is 5. The van der Waals surface area contributed by atoms with Crippen LogP contribution in [0.3, 0.4) is 0 Å². The second-order valence-electron chi connectivity index (χ2n) is 4.45. The van der Waals surface area contributed by atoms with Gasteiger partial charge in [-0.25, -0.2) is 0 Å². The Morgan fingerprint density at radius 1 is 1.04 bits per heavy atom. The third kappa shape index (κ3) is 4.89. The van der Waals surface area contributed by atoms with Crippen LogP contribution in [0.5, 0.6) is 17.2 Å². The summed E-state index contributed by atoms with van der Waals surface area (Å²) in [4.78, 5) is 23.4. The van der Waals surface area contributed by atoms with E-state index in [4.69, 9.17) is 9.84 Å². The van der Waals surface area contributed by atoms with Crippen LogP contribution in [-0.2, 0) is 4.79 Å². The number of amides is 2. The highest BCUT2D eigenvalue weighted by molar-refractivity contribution is 9.10. The van der Waals surface area contributed by atoms with Crippen LogP contribution in [0.4, 0.5) is 0 Å². The first-order valence-corrected chi connectivity index (χ1v) is 7.24. The number of aromatic hydroxyl groups is 2. The van der Waals surface area contributed by atoms with E-state index in [2.05, 4.69) is 26.8 Å². The minimum absolute atomic E-state index is 0.0862. The van der Waals surface area contributed by atoms with E-state index in [0.29, 0.717) is 5.75 Å². The molecule has 0 unspecified atom stereocenters. The Labute approximate surface area is 140 Å². The van der Waals surface area contributed by atoms with E-state index in [1.807, 2.05) is 0 Å². The Morgan fingerprint density at radius 2 is 1.74 bits per heavy atom. The van der Waals surface area contributed by atoms with Crippen molar-refractivity contribution in [2.75, 3.05) is 6.61 Å². The lowest BCUT2D eigenvalue weighted by molar-refractivity contribution is -0.123. The van der Waals surface area contributed by atoms with E-state index in [-0.39, 0.29) is 17.9 Å². The number of ether oxygens (including phenoxy) is 1. The number of hydrogen-bond donors (Lipinski definition) is 4. The number of carbonyl (C=O) groups excluding carboxylic acids is 2. The number of benzene rings is 2. The molecule has 0 aliphatic heterocycles. The van der Waals surface area contributed by atoms with E-state index in [9.17, 15) is 14.7 Å². The summed E-state index contributed by atoms with van der Waals surface area (Å²) in [5.74, 6) is -1.36. The van der Waals surface area contributed by atoms with Crippen molar-refractivity contribution in [3.63, 3.8) is 0 Å². The number of rotatable bonds is 4. The van der Waals surface area contributed by atoms with Crippen LogP contribution in [0.15, 0.2) is 46.9 Å². The molecule has 8 heteroatoms. The van der Waals surface area contributed by atoms with Gasteiger partial charge < -0.3 is 14.9 Å². The van der Waals surface area contributed by atoms with Crippen molar-refractivity contribution >= 4 is 27.7 Å². The normalized spacial score (nSPS) is 9.96. The fourth-order valence-electron chi connectivity index (χ4n) is 1.62. The second-order valence-corrected chi connectivity index (χ2v) is 5.36. The molecule has 0 aliphatic rings. The van der Waals surface area contributed by atoms with Gasteiger partial charge in [0.05, 0.1) is 5.56 Å². The molecule has 2 aromatic rings. The number of nitrogens with one attached hydrogen (secondary N) is 2. The predicted octanol–water partition coefficient (Wildman–Crippen LogP) is 1.70. The third-order valence-electron chi connectivity index (χ3n) is 2.72. The van der Waals surface area contributed by atoms with Crippen molar-refractivity contribution < 1.29 is 24.5 Å². The van der Waals surface area contributed by atoms with E-state index in [1.165, 1.54) is 12.1 Å². The summed E-state index contributed by atoms with van der Waals surface area (Å²) in [6.45, 7) is -0.288. The van der Waals surface area contributed by atoms with Crippen molar-refractivity contribution in [3.8, 4) is 17.2 Å². The zero-order valence-electron chi connectivity index (χ0n) is 11.7. The molecule has 0 atom stereocenters. The zero-order chi connectivity index (χ0) is 16.8. The lowest BCUT2D eigenvalue weighted by atomic mass is 10.2. The van der Waals surface area contributed by atoms with Crippen LogP contribution in [0.25, 0.3) is 0 Å². The highest BCUT2D eigenvalue weighted by atomic mass is 79.9. The minimum atomic E-state index is -0.723. The summed E-state index contributed by atoms with van der Waals surface area (Å²) in [5, 5.41) is 18.7. The molecule has 7 nitrogen and oxygen atoms in total. The molecule has 2 rings (SSSR count). The van der Waals surface area contributed by atoms with Crippen LogP contribution in [0, 0.1) is 0 Å². The predicted molar refractivity (Wildman–Crippen MR) is 85.0 cm³/mol.